The highest BCUT2D eigenvalue weighted by atomic mass is 79.9. The Morgan fingerprint density at radius 2 is 1.54 bits per heavy atom. The normalized spacial score (nSPS) is 33.2. The van der Waals surface area contributed by atoms with Crippen molar-refractivity contribution >= 4 is 33.3 Å². The minimum absolute atomic E-state index is 0.0257. The second kappa shape index (κ2) is 10.4. The molecule has 0 aromatic rings. The van der Waals surface area contributed by atoms with Crippen LogP contribution in [0, 0.1) is 23.2 Å². The predicted molar refractivity (Wildman–Crippen MR) is 123 cm³/mol. The van der Waals surface area contributed by atoms with E-state index in [9.17, 15) is 9.90 Å². The minimum atomic E-state index is -1.11. The molecule has 2 aliphatic rings. The molecule has 0 amide bonds. The van der Waals surface area contributed by atoms with Crippen molar-refractivity contribution in [3.8, 4) is 0 Å². The van der Waals surface area contributed by atoms with E-state index < -0.39 is 5.06 Å². The molecule has 0 aromatic heterocycles. The average Bonchev–Trinajstić information content (AvgIpc) is 2.54. The molecule has 0 aromatic carbocycles. The van der Waals surface area contributed by atoms with Gasteiger partial charge in [0.25, 0.3) is 0 Å². The second-order valence-electron chi connectivity index (χ2n) is 9.83. The van der Waals surface area contributed by atoms with Gasteiger partial charge in [-0.25, -0.2) is 0 Å². The van der Waals surface area contributed by atoms with Crippen molar-refractivity contribution in [1.82, 2.24) is 9.80 Å². The van der Waals surface area contributed by atoms with Gasteiger partial charge in [-0.3, -0.25) is 4.79 Å². The van der Waals surface area contributed by atoms with E-state index in [0.29, 0.717) is 12.2 Å². The van der Waals surface area contributed by atoms with E-state index in [0.717, 1.165) is 30.4 Å². The molecular formula is C22H40BrClN2O2. The van der Waals surface area contributed by atoms with Crippen LogP contribution >= 0.6 is 27.5 Å². The number of halogens is 2. The van der Waals surface area contributed by atoms with E-state index >= 15 is 0 Å². The predicted octanol–water partition coefficient (Wildman–Crippen LogP) is 4.74. The highest BCUT2D eigenvalue weighted by Crippen LogP contribution is 2.51. The fourth-order valence-corrected chi connectivity index (χ4v) is 5.71. The summed E-state index contributed by atoms with van der Waals surface area (Å²) in [6.07, 6.45) is 3.98. The second-order valence-corrected chi connectivity index (χ2v) is 11.3. The summed E-state index contributed by atoms with van der Waals surface area (Å²) in [5.41, 5.74) is 1.26. The van der Waals surface area contributed by atoms with Crippen LogP contribution < -0.4 is 0 Å². The van der Waals surface area contributed by atoms with E-state index in [2.05, 4.69) is 46.5 Å². The van der Waals surface area contributed by atoms with E-state index in [-0.39, 0.29) is 23.2 Å². The van der Waals surface area contributed by atoms with Crippen molar-refractivity contribution in [3.63, 3.8) is 0 Å². The number of carbonyl (C=O) groups excluding carboxylic acids is 1. The van der Waals surface area contributed by atoms with Crippen molar-refractivity contribution in [3.05, 3.63) is 10.1 Å². The van der Waals surface area contributed by atoms with Crippen LogP contribution in [0.1, 0.15) is 53.4 Å². The number of carbonyl (C=O) groups is 1. The number of hydrogen-bond acceptors (Lipinski definition) is 4. The molecular weight excluding hydrogens is 440 g/mol. The zero-order valence-electron chi connectivity index (χ0n) is 19.0. The van der Waals surface area contributed by atoms with Gasteiger partial charge in [-0.05, 0) is 59.8 Å². The zero-order chi connectivity index (χ0) is 21.9. The molecule has 2 rings (SSSR count). The van der Waals surface area contributed by atoms with Gasteiger partial charge in [0, 0.05) is 35.3 Å². The lowest BCUT2D eigenvalue weighted by atomic mass is 9.72. The summed E-state index contributed by atoms with van der Waals surface area (Å²) in [5.74, 6) is 1.02. The first kappa shape index (κ1) is 26.1. The van der Waals surface area contributed by atoms with Crippen LogP contribution in [0.25, 0.3) is 0 Å². The summed E-state index contributed by atoms with van der Waals surface area (Å²) in [4.78, 5) is 16.4. The molecule has 0 aliphatic heterocycles. The third kappa shape index (κ3) is 7.09. The maximum absolute atomic E-state index is 12.1. The number of nitrogens with zero attached hydrogens (tertiary/aromatic N) is 2. The van der Waals surface area contributed by atoms with Gasteiger partial charge in [0.1, 0.15) is 10.8 Å². The summed E-state index contributed by atoms with van der Waals surface area (Å²) in [7, 11) is 8.18. The van der Waals surface area contributed by atoms with Crippen LogP contribution in [0.15, 0.2) is 10.1 Å². The summed E-state index contributed by atoms with van der Waals surface area (Å²) in [6, 6.07) is 0. The summed E-state index contributed by atoms with van der Waals surface area (Å²) in [5, 5.41) is 8.86. The molecule has 0 bridgehead atoms. The lowest BCUT2D eigenvalue weighted by Gasteiger charge is -2.43. The third-order valence-electron chi connectivity index (χ3n) is 6.19. The third-order valence-corrected chi connectivity index (χ3v) is 7.93. The van der Waals surface area contributed by atoms with Gasteiger partial charge >= 0.3 is 0 Å². The van der Waals surface area contributed by atoms with E-state index in [1.165, 1.54) is 12.0 Å². The monoisotopic (exact) mass is 478 g/mol. The van der Waals surface area contributed by atoms with Crippen molar-refractivity contribution in [2.45, 2.75) is 58.4 Å². The minimum Gasteiger partial charge on any atom is -0.374 e. The SMILES string of the molecule is CC1=C(Br)C(C)C(O)(Cl)CC1(C)C.CN(C)CC1CCCC(CN(C)C)C1=O. The molecule has 1 saturated carbocycles. The van der Waals surface area contributed by atoms with Crippen LogP contribution in [-0.4, -0.2) is 67.0 Å². The Morgan fingerprint density at radius 3 is 1.93 bits per heavy atom. The fourth-order valence-electron chi connectivity index (χ4n) is 4.22. The summed E-state index contributed by atoms with van der Waals surface area (Å²) in [6.45, 7) is 10.1. The molecule has 28 heavy (non-hydrogen) atoms. The molecule has 0 spiro atoms. The Kier molecular flexibility index (Phi) is 9.68. The maximum Gasteiger partial charge on any atom is 0.146 e. The standard InChI is InChI=1S/C12H24N2O.C10H16BrClO/c1-13(2)8-10-6-5-7-11(12(10)15)9-14(3)4;1-6-8(11)7(2)10(12,13)5-9(6,3)4/h10-11H,5-9H2,1-4H3;7,13H,5H2,1-4H3. The van der Waals surface area contributed by atoms with Crippen LogP contribution in [0.5, 0.6) is 0 Å². The maximum atomic E-state index is 12.1. The molecule has 0 radical (unpaired) electrons. The first-order valence-electron chi connectivity index (χ1n) is 10.3. The van der Waals surface area contributed by atoms with Crippen molar-refractivity contribution in [2.75, 3.05) is 41.3 Å². The molecule has 2 aliphatic carbocycles. The zero-order valence-corrected chi connectivity index (χ0v) is 21.3. The largest absolute Gasteiger partial charge is 0.374 e. The number of allylic oxidation sites excluding steroid dienone is 1. The molecule has 4 nitrogen and oxygen atoms in total. The van der Waals surface area contributed by atoms with Gasteiger partial charge in [-0.15, -0.1) is 0 Å². The van der Waals surface area contributed by atoms with E-state index in [4.69, 9.17) is 11.6 Å². The molecule has 4 atom stereocenters. The quantitative estimate of drug-likeness (QED) is 0.591. The Balaban J connectivity index is 0.000000283. The first-order chi connectivity index (χ1) is 12.7. The first-order valence-corrected chi connectivity index (χ1v) is 11.5. The van der Waals surface area contributed by atoms with Crippen molar-refractivity contribution in [2.24, 2.45) is 23.2 Å². The van der Waals surface area contributed by atoms with E-state index in [1.807, 2.05) is 35.1 Å². The Morgan fingerprint density at radius 1 is 1.11 bits per heavy atom. The van der Waals surface area contributed by atoms with Gasteiger partial charge in [0.15, 0.2) is 0 Å². The van der Waals surface area contributed by atoms with Crippen LogP contribution in [-0.2, 0) is 4.79 Å². The number of Topliss-reactive ketones (excluding diaryl/α,β-unsaturated/α-hetero) is 1. The van der Waals surface area contributed by atoms with Gasteiger partial charge < -0.3 is 14.9 Å². The van der Waals surface area contributed by atoms with Gasteiger partial charge in [-0.2, -0.15) is 0 Å². The lowest BCUT2D eigenvalue weighted by Crippen LogP contribution is -2.40. The van der Waals surface area contributed by atoms with Gasteiger partial charge in [0.05, 0.1) is 0 Å². The highest BCUT2D eigenvalue weighted by Gasteiger charge is 2.44. The van der Waals surface area contributed by atoms with Crippen molar-refractivity contribution in [1.29, 1.82) is 0 Å². The van der Waals surface area contributed by atoms with E-state index in [1.54, 1.807) is 0 Å². The molecule has 4 unspecified atom stereocenters. The Hall–Kier alpha value is 0.0600. The smallest absolute Gasteiger partial charge is 0.146 e. The molecule has 1 fully saturated rings. The number of rotatable bonds is 4. The van der Waals surface area contributed by atoms with Gasteiger partial charge in [0.2, 0.25) is 0 Å². The van der Waals surface area contributed by atoms with Crippen LogP contribution in [0.4, 0.5) is 0 Å². The Bertz CT molecular complexity index is 553. The van der Waals surface area contributed by atoms with Crippen LogP contribution in [0.3, 0.4) is 0 Å². The Labute approximate surface area is 185 Å². The molecule has 0 saturated heterocycles. The number of alkyl halides is 1. The van der Waals surface area contributed by atoms with Gasteiger partial charge in [-0.1, -0.05) is 60.3 Å². The molecule has 6 heteroatoms. The number of aliphatic hydroxyl groups is 1. The number of hydrogen-bond donors (Lipinski definition) is 1. The van der Waals surface area contributed by atoms with Crippen molar-refractivity contribution < 1.29 is 9.90 Å². The lowest BCUT2D eigenvalue weighted by molar-refractivity contribution is -0.130. The average molecular weight is 480 g/mol. The molecule has 1 N–H and O–H groups in total. The highest BCUT2D eigenvalue weighted by molar-refractivity contribution is 9.11. The summed E-state index contributed by atoms with van der Waals surface area (Å²) >= 11 is 9.56. The fraction of sp³-hybridized carbons (Fsp3) is 0.864. The molecule has 164 valence electrons. The summed E-state index contributed by atoms with van der Waals surface area (Å²) < 4.78 is 1.04. The van der Waals surface area contributed by atoms with Crippen LogP contribution in [0.2, 0.25) is 0 Å². The number of ketones is 1. The molecule has 0 heterocycles. The topological polar surface area (TPSA) is 43.8 Å².